The van der Waals surface area contributed by atoms with Gasteiger partial charge in [0.25, 0.3) is 0 Å². The smallest absolute Gasteiger partial charge is 0.181 e. The molecule has 0 unspecified atom stereocenters. The van der Waals surface area contributed by atoms with Gasteiger partial charge in [-0.15, -0.1) is 5.10 Å². The lowest BCUT2D eigenvalue weighted by Gasteiger charge is -2.13. The molecule has 0 N–H and O–H groups in total. The third kappa shape index (κ3) is 2.97. The second kappa shape index (κ2) is 6.00. The highest BCUT2D eigenvalue weighted by Crippen LogP contribution is 2.13. The van der Waals surface area contributed by atoms with Crippen LogP contribution in [0.4, 0.5) is 5.69 Å². The van der Waals surface area contributed by atoms with Crippen molar-refractivity contribution in [2.45, 2.75) is 0 Å². The fourth-order valence-corrected chi connectivity index (χ4v) is 1.98. The van der Waals surface area contributed by atoms with Gasteiger partial charge in [-0.1, -0.05) is 36.4 Å². The topological polar surface area (TPSA) is 46.8 Å². The van der Waals surface area contributed by atoms with Gasteiger partial charge < -0.3 is 4.90 Å². The van der Waals surface area contributed by atoms with Crippen LogP contribution in [0.2, 0.25) is 0 Å². The molecule has 0 spiro atoms. The lowest BCUT2D eigenvalue weighted by Crippen LogP contribution is -2.07. The summed E-state index contributed by atoms with van der Waals surface area (Å²) >= 11 is 0. The second-order valence-corrected chi connectivity index (χ2v) is 4.55. The predicted octanol–water partition coefficient (Wildman–Crippen LogP) is 2.77. The monoisotopic (exact) mass is 277 g/mol. The van der Waals surface area contributed by atoms with Crippen LogP contribution in [0.25, 0.3) is 11.8 Å². The van der Waals surface area contributed by atoms with Crippen molar-refractivity contribution in [2.75, 3.05) is 11.9 Å². The first-order chi connectivity index (χ1) is 10.3. The van der Waals surface area contributed by atoms with Crippen molar-refractivity contribution in [1.29, 1.82) is 0 Å². The Kier molecular flexibility index (Phi) is 3.73. The van der Waals surface area contributed by atoms with E-state index in [9.17, 15) is 0 Å². The van der Waals surface area contributed by atoms with E-state index in [4.69, 9.17) is 0 Å². The summed E-state index contributed by atoms with van der Waals surface area (Å²) < 4.78 is 1.70. The van der Waals surface area contributed by atoms with Crippen LogP contribution in [0, 0.1) is 0 Å². The van der Waals surface area contributed by atoms with Gasteiger partial charge in [0, 0.05) is 25.0 Å². The Morgan fingerprint density at radius 1 is 0.952 bits per heavy atom. The van der Waals surface area contributed by atoms with E-state index in [2.05, 4.69) is 15.5 Å². The average Bonchev–Trinajstić information content (AvgIpc) is 3.03. The Morgan fingerprint density at radius 3 is 2.33 bits per heavy atom. The van der Waals surface area contributed by atoms with E-state index in [0.29, 0.717) is 5.82 Å². The van der Waals surface area contributed by atoms with Crippen LogP contribution in [0.3, 0.4) is 0 Å². The average molecular weight is 277 g/mol. The number of para-hydroxylation sites is 2. The normalized spacial score (nSPS) is 10.9. The third-order valence-corrected chi connectivity index (χ3v) is 3.11. The fraction of sp³-hybridized carbons (Fsp3) is 0.0625. The summed E-state index contributed by atoms with van der Waals surface area (Å²) in [5.74, 6) is 0.684. The molecule has 0 amide bonds. The first-order valence-corrected chi connectivity index (χ1v) is 6.64. The Morgan fingerprint density at radius 2 is 1.62 bits per heavy atom. The highest BCUT2D eigenvalue weighted by molar-refractivity contribution is 5.54. The summed E-state index contributed by atoms with van der Waals surface area (Å²) in [6.45, 7) is 0. The number of benzene rings is 2. The summed E-state index contributed by atoms with van der Waals surface area (Å²) in [5, 5.41) is 11.8. The van der Waals surface area contributed by atoms with Crippen LogP contribution in [0.1, 0.15) is 5.82 Å². The van der Waals surface area contributed by atoms with E-state index >= 15 is 0 Å². The number of rotatable bonds is 4. The maximum Gasteiger partial charge on any atom is 0.181 e. The number of tetrazole rings is 1. The van der Waals surface area contributed by atoms with Crippen molar-refractivity contribution < 1.29 is 0 Å². The Hall–Kier alpha value is -2.95. The van der Waals surface area contributed by atoms with Crippen LogP contribution >= 0.6 is 0 Å². The Bertz CT molecular complexity index is 719. The lowest BCUT2D eigenvalue weighted by atomic mass is 10.3. The van der Waals surface area contributed by atoms with Crippen molar-refractivity contribution in [3.63, 3.8) is 0 Å². The molecule has 104 valence electrons. The zero-order chi connectivity index (χ0) is 14.5. The van der Waals surface area contributed by atoms with Crippen LogP contribution < -0.4 is 4.90 Å². The molecule has 3 rings (SSSR count). The molecule has 3 aromatic rings. The molecule has 1 heterocycles. The molecule has 0 saturated heterocycles. The van der Waals surface area contributed by atoms with Crippen molar-refractivity contribution in [1.82, 2.24) is 20.2 Å². The van der Waals surface area contributed by atoms with Gasteiger partial charge in [0.15, 0.2) is 5.82 Å². The van der Waals surface area contributed by atoms with Gasteiger partial charge in [0.2, 0.25) is 0 Å². The SMILES string of the molecule is CN(/C=C/c1nnnn1-c1ccccc1)c1ccccc1. The third-order valence-electron chi connectivity index (χ3n) is 3.11. The molecule has 0 atom stereocenters. The van der Waals surface area contributed by atoms with E-state index in [0.717, 1.165) is 11.4 Å². The second-order valence-electron chi connectivity index (χ2n) is 4.55. The molecule has 2 aromatic carbocycles. The molecule has 5 heteroatoms. The zero-order valence-electron chi connectivity index (χ0n) is 11.7. The van der Waals surface area contributed by atoms with Gasteiger partial charge >= 0.3 is 0 Å². The van der Waals surface area contributed by atoms with Crippen molar-refractivity contribution in [3.8, 4) is 5.69 Å². The first kappa shape index (κ1) is 13.1. The molecule has 0 fully saturated rings. The van der Waals surface area contributed by atoms with Crippen LogP contribution in [0.15, 0.2) is 66.9 Å². The van der Waals surface area contributed by atoms with Gasteiger partial charge in [-0.3, -0.25) is 0 Å². The van der Waals surface area contributed by atoms with Gasteiger partial charge in [-0.25, -0.2) is 0 Å². The van der Waals surface area contributed by atoms with Gasteiger partial charge in [0.05, 0.1) is 5.69 Å². The summed E-state index contributed by atoms with van der Waals surface area (Å²) in [6, 6.07) is 19.9. The molecule has 5 nitrogen and oxygen atoms in total. The number of aromatic nitrogens is 4. The van der Waals surface area contributed by atoms with E-state index in [1.165, 1.54) is 0 Å². The van der Waals surface area contributed by atoms with Crippen LogP contribution in [0.5, 0.6) is 0 Å². The van der Waals surface area contributed by atoms with E-state index in [1.807, 2.05) is 84.9 Å². The Balaban J connectivity index is 1.83. The number of nitrogens with zero attached hydrogens (tertiary/aromatic N) is 5. The molecule has 0 aliphatic rings. The fourth-order valence-electron chi connectivity index (χ4n) is 1.98. The summed E-state index contributed by atoms with van der Waals surface area (Å²) in [5.41, 5.74) is 2.04. The lowest BCUT2D eigenvalue weighted by molar-refractivity contribution is 0.786. The number of anilines is 1. The summed E-state index contributed by atoms with van der Waals surface area (Å²) in [6.07, 6.45) is 3.83. The van der Waals surface area contributed by atoms with Crippen LogP contribution in [-0.4, -0.2) is 27.3 Å². The van der Waals surface area contributed by atoms with Gasteiger partial charge in [-0.05, 0) is 34.7 Å². The first-order valence-electron chi connectivity index (χ1n) is 6.64. The molecule has 0 saturated carbocycles. The highest BCUT2D eigenvalue weighted by Gasteiger charge is 2.04. The van der Waals surface area contributed by atoms with E-state index in [1.54, 1.807) is 4.68 Å². The molecule has 21 heavy (non-hydrogen) atoms. The summed E-state index contributed by atoms with van der Waals surface area (Å²) in [7, 11) is 1.99. The van der Waals surface area contributed by atoms with Crippen molar-refractivity contribution in [2.24, 2.45) is 0 Å². The van der Waals surface area contributed by atoms with Crippen molar-refractivity contribution >= 4 is 11.8 Å². The Labute approximate surface area is 123 Å². The molecule has 1 aromatic heterocycles. The van der Waals surface area contributed by atoms with E-state index < -0.39 is 0 Å². The molecule has 0 aliphatic heterocycles. The van der Waals surface area contributed by atoms with E-state index in [-0.39, 0.29) is 0 Å². The minimum atomic E-state index is 0.684. The zero-order valence-corrected chi connectivity index (χ0v) is 11.7. The standard InChI is InChI=1S/C16H15N5/c1-20(14-8-4-2-5-9-14)13-12-16-17-18-19-21(16)15-10-6-3-7-11-15/h2-13H,1H3/b13-12+. The summed E-state index contributed by atoms with van der Waals surface area (Å²) in [4.78, 5) is 2.02. The van der Waals surface area contributed by atoms with Gasteiger partial charge in [-0.2, -0.15) is 4.68 Å². The predicted molar refractivity (Wildman–Crippen MR) is 83.0 cm³/mol. The maximum absolute atomic E-state index is 4.05. The maximum atomic E-state index is 4.05. The number of hydrogen-bond acceptors (Lipinski definition) is 4. The molecule has 0 bridgehead atoms. The minimum absolute atomic E-state index is 0.684. The minimum Gasteiger partial charge on any atom is -0.351 e. The largest absolute Gasteiger partial charge is 0.351 e. The molecule has 0 aliphatic carbocycles. The molecule has 0 radical (unpaired) electrons. The van der Waals surface area contributed by atoms with Crippen molar-refractivity contribution in [3.05, 3.63) is 72.7 Å². The molecular weight excluding hydrogens is 262 g/mol. The van der Waals surface area contributed by atoms with Crippen LogP contribution in [-0.2, 0) is 0 Å². The molecular formula is C16H15N5. The number of hydrogen-bond donors (Lipinski definition) is 0. The highest BCUT2D eigenvalue weighted by atomic mass is 15.5. The van der Waals surface area contributed by atoms with Gasteiger partial charge in [0.1, 0.15) is 0 Å². The quantitative estimate of drug-likeness (QED) is 0.735.